The molecule has 1 fully saturated rings. The number of piperidine rings is 1. The SMILES string of the molecule is CCNC(=NCC(C)(C)N1CCCCC1)NCCOC. The minimum absolute atomic E-state index is 0.129. The zero-order chi connectivity index (χ0) is 14.8. The van der Waals surface area contributed by atoms with Gasteiger partial charge in [-0.2, -0.15) is 0 Å². The summed E-state index contributed by atoms with van der Waals surface area (Å²) in [5.74, 6) is 0.884. The smallest absolute Gasteiger partial charge is 0.191 e. The summed E-state index contributed by atoms with van der Waals surface area (Å²) in [5.41, 5.74) is 0.129. The molecule has 2 N–H and O–H groups in total. The van der Waals surface area contributed by atoms with E-state index >= 15 is 0 Å². The Kier molecular flexibility index (Phi) is 7.92. The van der Waals surface area contributed by atoms with Gasteiger partial charge in [0.1, 0.15) is 0 Å². The number of hydrogen-bond donors (Lipinski definition) is 2. The number of likely N-dealkylation sites (tertiary alicyclic amines) is 1. The summed E-state index contributed by atoms with van der Waals surface area (Å²) in [6, 6.07) is 0. The predicted octanol–water partition coefficient (Wildman–Crippen LogP) is 1.45. The summed E-state index contributed by atoms with van der Waals surface area (Å²) >= 11 is 0. The molecule has 1 heterocycles. The van der Waals surface area contributed by atoms with E-state index in [0.29, 0.717) is 6.61 Å². The van der Waals surface area contributed by atoms with E-state index in [4.69, 9.17) is 9.73 Å². The lowest BCUT2D eigenvalue weighted by Gasteiger charge is -2.40. The van der Waals surface area contributed by atoms with Crippen molar-refractivity contribution in [3.8, 4) is 0 Å². The molecule has 0 atom stereocenters. The number of methoxy groups -OCH3 is 1. The average molecular weight is 284 g/mol. The molecule has 0 unspecified atom stereocenters. The quantitative estimate of drug-likeness (QED) is 0.422. The molecule has 20 heavy (non-hydrogen) atoms. The van der Waals surface area contributed by atoms with Gasteiger partial charge in [-0.3, -0.25) is 9.89 Å². The Hall–Kier alpha value is -0.810. The molecule has 5 heteroatoms. The third-order valence-corrected chi connectivity index (χ3v) is 3.78. The van der Waals surface area contributed by atoms with Crippen LogP contribution in [0.5, 0.6) is 0 Å². The predicted molar refractivity (Wildman–Crippen MR) is 85.4 cm³/mol. The van der Waals surface area contributed by atoms with Crippen molar-refractivity contribution in [3.05, 3.63) is 0 Å². The van der Waals surface area contributed by atoms with Gasteiger partial charge in [0, 0.05) is 25.7 Å². The van der Waals surface area contributed by atoms with Crippen molar-refractivity contribution in [1.82, 2.24) is 15.5 Å². The highest BCUT2D eigenvalue weighted by Gasteiger charge is 2.27. The first-order valence-corrected chi connectivity index (χ1v) is 7.86. The van der Waals surface area contributed by atoms with E-state index < -0.39 is 0 Å². The van der Waals surface area contributed by atoms with E-state index in [1.54, 1.807) is 7.11 Å². The van der Waals surface area contributed by atoms with Crippen LogP contribution in [0.15, 0.2) is 4.99 Å². The zero-order valence-electron chi connectivity index (χ0n) is 13.7. The van der Waals surface area contributed by atoms with E-state index in [2.05, 4.69) is 36.3 Å². The van der Waals surface area contributed by atoms with Crippen molar-refractivity contribution in [2.24, 2.45) is 4.99 Å². The molecule has 0 spiro atoms. The molecule has 118 valence electrons. The van der Waals surface area contributed by atoms with Crippen LogP contribution >= 0.6 is 0 Å². The first-order chi connectivity index (χ1) is 9.60. The topological polar surface area (TPSA) is 48.9 Å². The van der Waals surface area contributed by atoms with E-state index in [0.717, 1.165) is 25.6 Å². The molecule has 0 amide bonds. The number of hydrogen-bond acceptors (Lipinski definition) is 3. The number of nitrogens with zero attached hydrogens (tertiary/aromatic N) is 2. The highest BCUT2D eigenvalue weighted by Crippen LogP contribution is 2.20. The van der Waals surface area contributed by atoms with Crippen LogP contribution < -0.4 is 10.6 Å². The van der Waals surface area contributed by atoms with Gasteiger partial charge in [-0.05, 0) is 46.7 Å². The van der Waals surface area contributed by atoms with E-state index in [1.807, 2.05) is 0 Å². The van der Waals surface area contributed by atoms with Crippen molar-refractivity contribution in [2.75, 3.05) is 46.4 Å². The lowest BCUT2D eigenvalue weighted by atomic mass is 9.99. The fourth-order valence-corrected chi connectivity index (χ4v) is 2.49. The molecule has 0 bridgehead atoms. The number of rotatable bonds is 7. The Morgan fingerprint density at radius 3 is 2.50 bits per heavy atom. The molecule has 0 aromatic carbocycles. The second-order valence-electron chi connectivity index (χ2n) is 5.97. The molecular weight excluding hydrogens is 252 g/mol. The molecule has 1 saturated heterocycles. The third kappa shape index (κ3) is 6.09. The van der Waals surface area contributed by atoms with E-state index in [1.165, 1.54) is 32.4 Å². The Bertz CT molecular complexity index is 286. The van der Waals surface area contributed by atoms with Gasteiger partial charge in [0.25, 0.3) is 0 Å². The largest absolute Gasteiger partial charge is 0.383 e. The number of guanidine groups is 1. The molecule has 0 aromatic heterocycles. The Balaban J connectivity index is 2.49. The molecule has 0 saturated carbocycles. The molecule has 0 radical (unpaired) electrons. The van der Waals surface area contributed by atoms with Crippen LogP contribution in [0.25, 0.3) is 0 Å². The van der Waals surface area contributed by atoms with Gasteiger partial charge in [-0.15, -0.1) is 0 Å². The van der Waals surface area contributed by atoms with E-state index in [-0.39, 0.29) is 5.54 Å². The van der Waals surface area contributed by atoms with Crippen molar-refractivity contribution < 1.29 is 4.74 Å². The third-order valence-electron chi connectivity index (χ3n) is 3.78. The Morgan fingerprint density at radius 1 is 1.20 bits per heavy atom. The van der Waals surface area contributed by atoms with Crippen LogP contribution in [0.2, 0.25) is 0 Å². The van der Waals surface area contributed by atoms with Crippen LogP contribution in [-0.4, -0.2) is 62.8 Å². The minimum Gasteiger partial charge on any atom is -0.383 e. The second-order valence-corrected chi connectivity index (χ2v) is 5.97. The van der Waals surface area contributed by atoms with Crippen LogP contribution in [0.4, 0.5) is 0 Å². The van der Waals surface area contributed by atoms with Gasteiger partial charge in [0.15, 0.2) is 5.96 Å². The maximum Gasteiger partial charge on any atom is 0.191 e. The van der Waals surface area contributed by atoms with Crippen LogP contribution in [0, 0.1) is 0 Å². The van der Waals surface area contributed by atoms with Crippen molar-refractivity contribution in [3.63, 3.8) is 0 Å². The average Bonchev–Trinajstić information content (AvgIpc) is 2.46. The Morgan fingerprint density at radius 2 is 1.90 bits per heavy atom. The maximum absolute atomic E-state index is 5.06. The molecule has 0 aromatic rings. The molecular formula is C15H32N4O. The standard InChI is InChI=1S/C15H32N4O/c1-5-16-14(17-9-12-20-4)18-13-15(2,3)19-10-7-6-8-11-19/h5-13H2,1-4H3,(H2,16,17,18). The maximum atomic E-state index is 5.06. The van der Waals surface area contributed by atoms with Gasteiger partial charge in [0.2, 0.25) is 0 Å². The molecule has 1 aliphatic heterocycles. The van der Waals surface area contributed by atoms with Crippen LogP contribution in [0.1, 0.15) is 40.0 Å². The Labute approximate surface area is 124 Å². The lowest BCUT2D eigenvalue weighted by Crippen LogP contribution is -2.49. The summed E-state index contributed by atoms with van der Waals surface area (Å²) in [7, 11) is 1.71. The molecule has 5 nitrogen and oxygen atoms in total. The summed E-state index contributed by atoms with van der Waals surface area (Å²) < 4.78 is 5.06. The van der Waals surface area contributed by atoms with Crippen LogP contribution in [-0.2, 0) is 4.74 Å². The van der Waals surface area contributed by atoms with Gasteiger partial charge in [-0.1, -0.05) is 6.42 Å². The molecule has 0 aliphatic carbocycles. The van der Waals surface area contributed by atoms with Gasteiger partial charge in [0.05, 0.1) is 13.2 Å². The minimum atomic E-state index is 0.129. The fourth-order valence-electron chi connectivity index (χ4n) is 2.49. The van der Waals surface area contributed by atoms with Crippen molar-refractivity contribution >= 4 is 5.96 Å². The highest BCUT2D eigenvalue weighted by atomic mass is 16.5. The molecule has 1 rings (SSSR count). The van der Waals surface area contributed by atoms with Crippen molar-refractivity contribution in [2.45, 2.75) is 45.6 Å². The fraction of sp³-hybridized carbons (Fsp3) is 0.933. The number of aliphatic imine (C=N–C) groups is 1. The summed E-state index contributed by atoms with van der Waals surface area (Å²) in [6.45, 7) is 12.3. The summed E-state index contributed by atoms with van der Waals surface area (Å²) in [6.07, 6.45) is 4.01. The number of ether oxygens (including phenoxy) is 1. The van der Waals surface area contributed by atoms with Crippen molar-refractivity contribution in [1.29, 1.82) is 0 Å². The monoisotopic (exact) mass is 284 g/mol. The van der Waals surface area contributed by atoms with Gasteiger partial charge < -0.3 is 15.4 Å². The summed E-state index contributed by atoms with van der Waals surface area (Å²) in [5, 5.41) is 6.57. The highest BCUT2D eigenvalue weighted by molar-refractivity contribution is 5.79. The van der Waals surface area contributed by atoms with Gasteiger partial charge in [-0.25, -0.2) is 0 Å². The zero-order valence-corrected chi connectivity index (χ0v) is 13.7. The normalized spacial score (nSPS) is 18.1. The summed E-state index contributed by atoms with van der Waals surface area (Å²) in [4.78, 5) is 7.30. The first kappa shape index (κ1) is 17.2. The van der Waals surface area contributed by atoms with E-state index in [9.17, 15) is 0 Å². The van der Waals surface area contributed by atoms with Gasteiger partial charge >= 0.3 is 0 Å². The lowest BCUT2D eigenvalue weighted by molar-refractivity contribution is 0.102. The van der Waals surface area contributed by atoms with Crippen LogP contribution in [0.3, 0.4) is 0 Å². The molecule has 1 aliphatic rings. The number of nitrogens with one attached hydrogen (secondary N) is 2. The first-order valence-electron chi connectivity index (χ1n) is 7.86. The second kappa shape index (κ2) is 9.19.